The van der Waals surface area contributed by atoms with E-state index >= 15 is 0 Å². The van der Waals surface area contributed by atoms with Crippen LogP contribution >= 0.6 is 11.3 Å². The molecule has 0 atom stereocenters. The zero-order valence-corrected chi connectivity index (χ0v) is 12.8. The van der Waals surface area contributed by atoms with E-state index in [4.69, 9.17) is 10.8 Å². The molecular formula is C14H19N3O2S. The number of thiophene rings is 1. The largest absolute Gasteiger partial charge is 0.397 e. The Hall–Kier alpha value is -1.66. The molecule has 0 fully saturated rings. The van der Waals surface area contributed by atoms with Gasteiger partial charge in [0, 0.05) is 34.6 Å². The molecule has 0 aliphatic rings. The van der Waals surface area contributed by atoms with Gasteiger partial charge in [0.2, 0.25) is 0 Å². The molecule has 2 aromatic heterocycles. The molecule has 0 bridgehead atoms. The summed E-state index contributed by atoms with van der Waals surface area (Å²) in [6.07, 6.45) is 0. The minimum absolute atomic E-state index is 0.0515. The second-order valence-electron chi connectivity index (χ2n) is 4.68. The van der Waals surface area contributed by atoms with Crippen LogP contribution in [0.1, 0.15) is 28.0 Å². The maximum atomic E-state index is 12.5. The van der Waals surface area contributed by atoms with E-state index in [1.807, 2.05) is 26.8 Å². The predicted octanol–water partition coefficient (Wildman–Crippen LogP) is 1.95. The molecule has 0 aromatic carbocycles. The molecule has 0 spiro atoms. The average Bonchev–Trinajstić information content (AvgIpc) is 2.72. The fourth-order valence-corrected chi connectivity index (χ4v) is 3.54. The predicted molar refractivity (Wildman–Crippen MR) is 82.2 cm³/mol. The molecular weight excluding hydrogens is 274 g/mol. The van der Waals surface area contributed by atoms with E-state index in [-0.39, 0.29) is 12.5 Å². The van der Waals surface area contributed by atoms with Gasteiger partial charge in [-0.05, 0) is 26.8 Å². The molecule has 2 aromatic rings. The Morgan fingerprint density at radius 1 is 1.50 bits per heavy atom. The molecule has 108 valence electrons. The van der Waals surface area contributed by atoms with Crippen LogP contribution in [0.3, 0.4) is 0 Å². The van der Waals surface area contributed by atoms with E-state index in [2.05, 4.69) is 4.98 Å². The number of aliphatic hydroxyl groups excluding tert-OH is 1. The minimum atomic E-state index is -0.127. The van der Waals surface area contributed by atoms with E-state index < -0.39 is 0 Å². The minimum Gasteiger partial charge on any atom is -0.397 e. The normalized spacial score (nSPS) is 11.0. The van der Waals surface area contributed by atoms with Crippen LogP contribution in [0.4, 0.5) is 5.69 Å². The van der Waals surface area contributed by atoms with E-state index in [1.54, 1.807) is 4.90 Å². The first-order chi connectivity index (χ1) is 9.49. The summed E-state index contributed by atoms with van der Waals surface area (Å²) >= 11 is 1.39. The van der Waals surface area contributed by atoms with Crippen LogP contribution in [0.15, 0.2) is 6.07 Å². The number of likely N-dealkylation sites (N-methyl/N-ethyl adjacent to an activating group) is 1. The fourth-order valence-electron chi connectivity index (χ4n) is 2.31. The van der Waals surface area contributed by atoms with Crippen molar-refractivity contribution in [1.29, 1.82) is 0 Å². The van der Waals surface area contributed by atoms with Crippen LogP contribution in [0.25, 0.3) is 10.1 Å². The van der Waals surface area contributed by atoms with Gasteiger partial charge >= 0.3 is 0 Å². The van der Waals surface area contributed by atoms with Crippen LogP contribution in [-0.4, -0.2) is 40.6 Å². The first kappa shape index (κ1) is 14.7. The topological polar surface area (TPSA) is 79.5 Å². The summed E-state index contributed by atoms with van der Waals surface area (Å²) in [5.41, 5.74) is 8.40. The number of nitrogens with zero attached hydrogens (tertiary/aromatic N) is 2. The lowest BCUT2D eigenvalue weighted by Gasteiger charge is -2.18. The molecule has 0 saturated carbocycles. The molecule has 1 amide bonds. The maximum Gasteiger partial charge on any atom is 0.266 e. The monoisotopic (exact) mass is 293 g/mol. The number of carbonyl (C=O) groups is 1. The molecule has 5 nitrogen and oxygen atoms in total. The van der Waals surface area contributed by atoms with Crippen molar-refractivity contribution in [2.75, 3.05) is 25.4 Å². The van der Waals surface area contributed by atoms with Gasteiger partial charge in [0.15, 0.2) is 0 Å². The maximum absolute atomic E-state index is 12.5. The van der Waals surface area contributed by atoms with Gasteiger partial charge in [-0.25, -0.2) is 0 Å². The number of anilines is 1. The number of pyridine rings is 1. The lowest BCUT2D eigenvalue weighted by atomic mass is 10.2. The highest BCUT2D eigenvalue weighted by molar-refractivity contribution is 7.21. The Bertz CT molecular complexity index is 651. The lowest BCUT2D eigenvalue weighted by molar-refractivity contribution is 0.0738. The molecule has 0 aliphatic carbocycles. The zero-order chi connectivity index (χ0) is 14.9. The van der Waals surface area contributed by atoms with Crippen LogP contribution in [0.5, 0.6) is 0 Å². The summed E-state index contributed by atoms with van der Waals surface area (Å²) in [7, 11) is 0. The second-order valence-corrected chi connectivity index (χ2v) is 5.73. The third-order valence-electron chi connectivity index (χ3n) is 3.25. The summed E-state index contributed by atoms with van der Waals surface area (Å²) in [6, 6.07) is 1.95. The van der Waals surface area contributed by atoms with Crippen molar-refractivity contribution in [3.05, 3.63) is 22.3 Å². The Kier molecular flexibility index (Phi) is 4.25. The summed E-state index contributed by atoms with van der Waals surface area (Å²) in [5, 5.41) is 9.89. The number of aliphatic hydroxyl groups is 1. The van der Waals surface area contributed by atoms with Gasteiger partial charge in [0.25, 0.3) is 5.91 Å². The van der Waals surface area contributed by atoms with Crippen LogP contribution in [0, 0.1) is 13.8 Å². The quantitative estimate of drug-likeness (QED) is 0.903. The lowest BCUT2D eigenvalue weighted by Crippen LogP contribution is -2.33. The molecule has 20 heavy (non-hydrogen) atoms. The highest BCUT2D eigenvalue weighted by Gasteiger charge is 2.22. The average molecular weight is 293 g/mol. The summed E-state index contributed by atoms with van der Waals surface area (Å²) in [4.78, 5) is 19.0. The number of aryl methyl sites for hydroxylation is 2. The van der Waals surface area contributed by atoms with E-state index in [9.17, 15) is 4.79 Å². The van der Waals surface area contributed by atoms with Crippen molar-refractivity contribution in [1.82, 2.24) is 9.88 Å². The fraction of sp³-hybridized carbons (Fsp3) is 0.429. The number of aromatic nitrogens is 1. The molecule has 0 saturated heterocycles. The summed E-state index contributed by atoms with van der Waals surface area (Å²) in [5.74, 6) is -0.127. The highest BCUT2D eigenvalue weighted by atomic mass is 32.1. The van der Waals surface area contributed by atoms with Crippen molar-refractivity contribution >= 4 is 33.0 Å². The number of rotatable bonds is 4. The Morgan fingerprint density at radius 2 is 2.20 bits per heavy atom. The summed E-state index contributed by atoms with van der Waals surface area (Å²) in [6.45, 7) is 6.52. The first-order valence-corrected chi connectivity index (χ1v) is 7.37. The van der Waals surface area contributed by atoms with Crippen LogP contribution in [-0.2, 0) is 0 Å². The summed E-state index contributed by atoms with van der Waals surface area (Å²) < 4.78 is 0.982. The van der Waals surface area contributed by atoms with Gasteiger partial charge < -0.3 is 15.7 Å². The third-order valence-corrected chi connectivity index (χ3v) is 4.39. The number of amides is 1. The zero-order valence-electron chi connectivity index (χ0n) is 11.9. The molecule has 6 heteroatoms. The number of fused-ring (bicyclic) bond motifs is 1. The number of nitrogen functional groups attached to an aromatic ring is 1. The molecule has 0 radical (unpaired) electrons. The van der Waals surface area contributed by atoms with Crippen LogP contribution < -0.4 is 5.73 Å². The third kappa shape index (κ3) is 2.48. The van der Waals surface area contributed by atoms with Gasteiger partial charge in [0.05, 0.1) is 12.3 Å². The van der Waals surface area contributed by atoms with Crippen molar-refractivity contribution in [3.8, 4) is 0 Å². The standard InChI is InChI=1S/C14H19N3O2S/c1-4-17(5-6-18)14(19)13-12(15)11-9(3)16-8(2)7-10(11)20-13/h7,18H,4-6,15H2,1-3H3. The number of nitrogens with two attached hydrogens (primary N) is 1. The van der Waals surface area contributed by atoms with Crippen molar-refractivity contribution < 1.29 is 9.90 Å². The van der Waals surface area contributed by atoms with Crippen molar-refractivity contribution in [2.24, 2.45) is 0 Å². The van der Waals surface area contributed by atoms with E-state index in [0.717, 1.165) is 21.5 Å². The highest BCUT2D eigenvalue weighted by Crippen LogP contribution is 2.36. The van der Waals surface area contributed by atoms with Gasteiger partial charge in [-0.15, -0.1) is 11.3 Å². The van der Waals surface area contributed by atoms with Crippen LogP contribution in [0.2, 0.25) is 0 Å². The van der Waals surface area contributed by atoms with Gasteiger partial charge in [-0.2, -0.15) is 0 Å². The second kappa shape index (κ2) is 5.76. The smallest absolute Gasteiger partial charge is 0.266 e. The Balaban J connectivity index is 2.53. The van der Waals surface area contributed by atoms with E-state index in [1.165, 1.54) is 11.3 Å². The Labute approximate surface area is 122 Å². The SMILES string of the molecule is CCN(CCO)C(=O)c1sc2cc(C)nc(C)c2c1N. The van der Waals surface area contributed by atoms with Crippen molar-refractivity contribution in [3.63, 3.8) is 0 Å². The number of carbonyl (C=O) groups excluding carboxylic acids is 1. The van der Waals surface area contributed by atoms with Gasteiger partial charge in [-0.1, -0.05) is 0 Å². The van der Waals surface area contributed by atoms with E-state index in [0.29, 0.717) is 23.7 Å². The molecule has 0 aliphatic heterocycles. The first-order valence-electron chi connectivity index (χ1n) is 6.56. The molecule has 2 rings (SSSR count). The molecule has 3 N–H and O–H groups in total. The van der Waals surface area contributed by atoms with Gasteiger partial charge in [-0.3, -0.25) is 9.78 Å². The van der Waals surface area contributed by atoms with Crippen molar-refractivity contribution in [2.45, 2.75) is 20.8 Å². The molecule has 2 heterocycles. The number of hydrogen-bond donors (Lipinski definition) is 2. The number of hydrogen-bond acceptors (Lipinski definition) is 5. The molecule has 0 unspecified atom stereocenters. The Morgan fingerprint density at radius 3 is 2.80 bits per heavy atom. The van der Waals surface area contributed by atoms with Gasteiger partial charge in [0.1, 0.15) is 4.88 Å².